The van der Waals surface area contributed by atoms with Crippen LogP contribution in [0.1, 0.15) is 20.3 Å². The average molecular weight is 164 g/mol. The summed E-state index contributed by atoms with van der Waals surface area (Å²) in [6.07, 6.45) is 1.25. The Balaban J connectivity index is 2.75. The molecule has 0 rings (SSSR count). The number of hydrogen-bond donors (Lipinski definition) is 1. The van der Waals surface area contributed by atoms with Crippen LogP contribution in [0.4, 0.5) is 0 Å². The molecule has 2 heteroatoms. The minimum Gasteiger partial charge on any atom is -0.179 e. The normalized spacial score (nSPS) is 10.7. The largest absolute Gasteiger partial charge is 0.179 e. The van der Waals surface area contributed by atoms with Gasteiger partial charge in [-0.2, -0.15) is 24.4 Å². The van der Waals surface area contributed by atoms with E-state index in [0.29, 0.717) is 0 Å². The Hall–Kier alpha value is 0.700. The standard InChI is InChI=1S/C7H16S2/c1-7(2)6-9-5-3-4-8/h7-8H,3-6H2,1-2H3. The topological polar surface area (TPSA) is 0 Å². The molecule has 0 aromatic carbocycles. The first-order valence-corrected chi connectivity index (χ1v) is 5.24. The minimum absolute atomic E-state index is 0.843. The maximum Gasteiger partial charge on any atom is -0.00444 e. The molecule has 0 N–H and O–H groups in total. The van der Waals surface area contributed by atoms with Gasteiger partial charge in [-0.1, -0.05) is 13.8 Å². The van der Waals surface area contributed by atoms with Gasteiger partial charge >= 0.3 is 0 Å². The Kier molecular flexibility index (Phi) is 7.34. The zero-order valence-electron chi connectivity index (χ0n) is 6.26. The molecule has 0 fully saturated rings. The van der Waals surface area contributed by atoms with E-state index in [2.05, 4.69) is 26.5 Å². The van der Waals surface area contributed by atoms with E-state index in [1.54, 1.807) is 0 Å². The zero-order chi connectivity index (χ0) is 7.11. The van der Waals surface area contributed by atoms with Crippen LogP contribution >= 0.6 is 24.4 Å². The van der Waals surface area contributed by atoms with Gasteiger partial charge in [0.1, 0.15) is 0 Å². The summed E-state index contributed by atoms with van der Waals surface area (Å²) in [5.41, 5.74) is 0. The minimum atomic E-state index is 0.843. The summed E-state index contributed by atoms with van der Waals surface area (Å²) < 4.78 is 0. The van der Waals surface area contributed by atoms with Crippen LogP contribution in [0.25, 0.3) is 0 Å². The molecule has 0 aromatic rings. The fraction of sp³-hybridized carbons (Fsp3) is 1.00. The predicted octanol–water partition coefficient (Wildman–Crippen LogP) is 2.70. The van der Waals surface area contributed by atoms with E-state index >= 15 is 0 Å². The van der Waals surface area contributed by atoms with E-state index in [9.17, 15) is 0 Å². The Bertz CT molecular complexity index is 52.9. The van der Waals surface area contributed by atoms with Crippen LogP contribution in [0, 0.1) is 5.92 Å². The monoisotopic (exact) mass is 164 g/mol. The molecule has 0 aliphatic rings. The smallest absolute Gasteiger partial charge is 0.00444 e. The Morgan fingerprint density at radius 1 is 1.44 bits per heavy atom. The summed E-state index contributed by atoms with van der Waals surface area (Å²) in [4.78, 5) is 0. The van der Waals surface area contributed by atoms with Crippen LogP contribution < -0.4 is 0 Å². The van der Waals surface area contributed by atoms with E-state index in [-0.39, 0.29) is 0 Å². The van der Waals surface area contributed by atoms with Crippen molar-refractivity contribution in [1.29, 1.82) is 0 Å². The molecular formula is C7H16S2. The van der Waals surface area contributed by atoms with E-state index in [0.717, 1.165) is 11.7 Å². The van der Waals surface area contributed by atoms with Crippen LogP contribution in [0.2, 0.25) is 0 Å². The van der Waals surface area contributed by atoms with Crippen molar-refractivity contribution in [3.8, 4) is 0 Å². The zero-order valence-corrected chi connectivity index (χ0v) is 7.97. The second-order valence-electron chi connectivity index (χ2n) is 2.55. The first-order valence-electron chi connectivity index (χ1n) is 3.46. The molecule has 0 saturated heterocycles. The molecule has 0 aliphatic heterocycles. The van der Waals surface area contributed by atoms with Crippen LogP contribution in [0.3, 0.4) is 0 Å². The molecule has 56 valence electrons. The van der Waals surface area contributed by atoms with Crippen molar-refractivity contribution in [2.45, 2.75) is 20.3 Å². The van der Waals surface area contributed by atoms with Crippen LogP contribution in [-0.2, 0) is 0 Å². The Labute approximate surface area is 68.2 Å². The van der Waals surface area contributed by atoms with Crippen molar-refractivity contribution in [1.82, 2.24) is 0 Å². The highest BCUT2D eigenvalue weighted by molar-refractivity contribution is 7.99. The van der Waals surface area contributed by atoms with E-state index in [4.69, 9.17) is 0 Å². The van der Waals surface area contributed by atoms with Crippen molar-refractivity contribution in [2.75, 3.05) is 17.3 Å². The van der Waals surface area contributed by atoms with Crippen molar-refractivity contribution in [2.24, 2.45) is 5.92 Å². The van der Waals surface area contributed by atoms with Gasteiger partial charge < -0.3 is 0 Å². The summed E-state index contributed by atoms with van der Waals surface area (Å²) in [5, 5.41) is 0. The van der Waals surface area contributed by atoms with Gasteiger partial charge in [0.05, 0.1) is 0 Å². The third-order valence-electron chi connectivity index (χ3n) is 0.898. The van der Waals surface area contributed by atoms with Gasteiger partial charge in [0.25, 0.3) is 0 Å². The van der Waals surface area contributed by atoms with Crippen molar-refractivity contribution in [3.05, 3.63) is 0 Å². The Morgan fingerprint density at radius 3 is 2.56 bits per heavy atom. The quantitative estimate of drug-likeness (QED) is 0.481. The highest BCUT2D eigenvalue weighted by Gasteiger charge is 1.92. The second kappa shape index (κ2) is 6.81. The molecule has 0 aromatic heterocycles. The van der Waals surface area contributed by atoms with E-state index in [1.807, 2.05) is 11.8 Å². The predicted molar refractivity (Wildman–Crippen MR) is 50.6 cm³/mol. The fourth-order valence-corrected chi connectivity index (χ4v) is 1.84. The SMILES string of the molecule is CC(C)CSCCCS. The molecule has 0 atom stereocenters. The van der Waals surface area contributed by atoms with Crippen LogP contribution in [0.15, 0.2) is 0 Å². The lowest BCUT2D eigenvalue weighted by atomic mass is 10.3. The third kappa shape index (κ3) is 8.70. The van der Waals surface area contributed by atoms with Gasteiger partial charge in [0.2, 0.25) is 0 Å². The van der Waals surface area contributed by atoms with Gasteiger partial charge in [-0.15, -0.1) is 0 Å². The highest BCUT2D eigenvalue weighted by Crippen LogP contribution is 2.08. The number of hydrogen-bond acceptors (Lipinski definition) is 2. The summed E-state index contributed by atoms with van der Waals surface area (Å²) >= 11 is 6.17. The fourth-order valence-electron chi connectivity index (χ4n) is 0.486. The molecule has 0 spiro atoms. The molecule has 0 nitrogen and oxygen atoms in total. The number of thioether (sulfide) groups is 1. The highest BCUT2D eigenvalue weighted by atomic mass is 32.2. The maximum absolute atomic E-state index is 4.13. The lowest BCUT2D eigenvalue weighted by Crippen LogP contribution is -1.92. The van der Waals surface area contributed by atoms with Gasteiger partial charge in [-0.25, -0.2) is 0 Å². The van der Waals surface area contributed by atoms with Crippen LogP contribution in [-0.4, -0.2) is 17.3 Å². The van der Waals surface area contributed by atoms with Crippen molar-refractivity contribution in [3.63, 3.8) is 0 Å². The molecule has 9 heavy (non-hydrogen) atoms. The molecule has 0 amide bonds. The van der Waals surface area contributed by atoms with Crippen molar-refractivity contribution < 1.29 is 0 Å². The Morgan fingerprint density at radius 2 is 2.11 bits per heavy atom. The van der Waals surface area contributed by atoms with Crippen LogP contribution in [0.5, 0.6) is 0 Å². The second-order valence-corrected chi connectivity index (χ2v) is 4.14. The summed E-state index contributed by atoms with van der Waals surface area (Å²) in [5.74, 6) is 4.45. The first kappa shape index (κ1) is 9.70. The number of rotatable bonds is 5. The maximum atomic E-state index is 4.13. The summed E-state index contributed by atoms with van der Waals surface area (Å²) in [6, 6.07) is 0. The molecule has 0 radical (unpaired) electrons. The third-order valence-corrected chi connectivity index (χ3v) is 2.69. The lowest BCUT2D eigenvalue weighted by molar-refractivity contribution is 0.750. The molecule has 0 aliphatic carbocycles. The summed E-state index contributed by atoms with van der Waals surface area (Å²) in [7, 11) is 0. The average Bonchev–Trinajstić information content (AvgIpc) is 1.80. The van der Waals surface area contributed by atoms with Gasteiger partial charge in [0.15, 0.2) is 0 Å². The van der Waals surface area contributed by atoms with E-state index < -0.39 is 0 Å². The molecule has 0 unspecified atom stereocenters. The van der Waals surface area contributed by atoms with Gasteiger partial charge in [0, 0.05) is 0 Å². The van der Waals surface area contributed by atoms with Crippen molar-refractivity contribution >= 4 is 24.4 Å². The summed E-state index contributed by atoms with van der Waals surface area (Å²) in [6.45, 7) is 4.52. The lowest BCUT2D eigenvalue weighted by Gasteiger charge is -2.01. The van der Waals surface area contributed by atoms with Gasteiger partial charge in [-0.3, -0.25) is 0 Å². The first-order chi connectivity index (χ1) is 4.27. The molecule has 0 saturated carbocycles. The number of thiol groups is 1. The van der Waals surface area contributed by atoms with E-state index in [1.165, 1.54) is 17.9 Å². The van der Waals surface area contributed by atoms with Gasteiger partial charge in [-0.05, 0) is 29.6 Å². The molecule has 0 bridgehead atoms. The molecule has 0 heterocycles. The molecular weight excluding hydrogens is 148 g/mol.